The molecule has 35 heavy (non-hydrogen) atoms. The van der Waals surface area contributed by atoms with Gasteiger partial charge in [-0.3, -0.25) is 9.69 Å². The van der Waals surface area contributed by atoms with Crippen LogP contribution in [0.2, 0.25) is 5.02 Å². The van der Waals surface area contributed by atoms with E-state index in [1.165, 1.54) is 11.1 Å². The SMILES string of the molecule is CCOc1cc(OCc2cccc(C)c2C)c(Cl)cc1CN1CCC(OC(=O)[C@@H](N)C(C)C)CC1. The molecule has 2 aromatic carbocycles. The van der Waals surface area contributed by atoms with Gasteiger partial charge < -0.3 is 19.9 Å². The van der Waals surface area contributed by atoms with Crippen LogP contribution in [0.1, 0.15) is 55.9 Å². The topological polar surface area (TPSA) is 74.0 Å². The van der Waals surface area contributed by atoms with Crippen molar-refractivity contribution in [2.75, 3.05) is 19.7 Å². The fourth-order valence-electron chi connectivity index (χ4n) is 4.16. The van der Waals surface area contributed by atoms with Crippen LogP contribution in [0.3, 0.4) is 0 Å². The lowest BCUT2D eigenvalue weighted by Gasteiger charge is -2.32. The lowest BCUT2D eigenvalue weighted by molar-refractivity contribution is -0.154. The van der Waals surface area contributed by atoms with Crippen LogP contribution < -0.4 is 15.2 Å². The van der Waals surface area contributed by atoms with E-state index in [-0.39, 0.29) is 18.0 Å². The number of nitrogens with zero attached hydrogens (tertiary/aromatic N) is 1. The summed E-state index contributed by atoms with van der Waals surface area (Å²) >= 11 is 6.62. The number of halogens is 1. The van der Waals surface area contributed by atoms with E-state index in [9.17, 15) is 4.79 Å². The van der Waals surface area contributed by atoms with Crippen molar-refractivity contribution in [3.8, 4) is 11.5 Å². The Bertz CT molecular complexity index is 1000. The number of piperidine rings is 1. The first-order valence-electron chi connectivity index (χ1n) is 12.5. The van der Waals surface area contributed by atoms with Gasteiger partial charge in [-0.1, -0.05) is 43.6 Å². The molecule has 1 atom stereocenters. The molecule has 0 saturated carbocycles. The number of hydrogen-bond donors (Lipinski definition) is 1. The van der Waals surface area contributed by atoms with E-state index in [1.54, 1.807) is 0 Å². The summed E-state index contributed by atoms with van der Waals surface area (Å²) in [6, 6.07) is 9.49. The molecule has 0 unspecified atom stereocenters. The van der Waals surface area contributed by atoms with Crippen LogP contribution in [0.5, 0.6) is 11.5 Å². The molecule has 0 bridgehead atoms. The van der Waals surface area contributed by atoms with Crippen molar-refractivity contribution in [1.29, 1.82) is 0 Å². The number of carbonyl (C=O) groups is 1. The van der Waals surface area contributed by atoms with Crippen molar-refractivity contribution in [1.82, 2.24) is 4.90 Å². The molecular formula is C28H39ClN2O4. The molecule has 2 aromatic rings. The Balaban J connectivity index is 1.62. The normalized spacial score (nSPS) is 15.8. The molecule has 6 nitrogen and oxygen atoms in total. The van der Waals surface area contributed by atoms with Gasteiger partial charge in [-0.2, -0.15) is 0 Å². The van der Waals surface area contributed by atoms with E-state index in [0.717, 1.165) is 42.8 Å². The molecule has 0 aromatic heterocycles. The average Bonchev–Trinajstić information content (AvgIpc) is 2.83. The highest BCUT2D eigenvalue weighted by Crippen LogP contribution is 2.35. The monoisotopic (exact) mass is 502 g/mol. The van der Waals surface area contributed by atoms with Gasteiger partial charge in [-0.05, 0) is 62.3 Å². The standard InChI is InChI=1S/C28H39ClN2O4/c1-6-33-25-15-26(34-17-21-9-7-8-19(4)20(21)5)24(29)14-22(25)16-31-12-10-23(11-13-31)35-28(32)27(30)18(2)3/h7-9,14-15,18,23,27H,6,10-13,16-17,30H2,1-5H3/t27-/m0/s1. The smallest absolute Gasteiger partial charge is 0.323 e. The highest BCUT2D eigenvalue weighted by molar-refractivity contribution is 6.32. The van der Waals surface area contributed by atoms with Crippen molar-refractivity contribution in [2.24, 2.45) is 11.7 Å². The third kappa shape index (κ3) is 7.35. The minimum Gasteiger partial charge on any atom is -0.493 e. The van der Waals surface area contributed by atoms with Crippen molar-refractivity contribution < 1.29 is 19.0 Å². The second-order valence-electron chi connectivity index (χ2n) is 9.65. The number of likely N-dealkylation sites (tertiary alicyclic amines) is 1. The molecule has 1 aliphatic rings. The number of benzene rings is 2. The molecular weight excluding hydrogens is 464 g/mol. The third-order valence-corrected chi connectivity index (χ3v) is 7.01. The maximum absolute atomic E-state index is 12.2. The molecule has 0 aliphatic carbocycles. The second-order valence-corrected chi connectivity index (χ2v) is 10.1. The van der Waals surface area contributed by atoms with Crippen LogP contribution >= 0.6 is 11.6 Å². The van der Waals surface area contributed by atoms with E-state index >= 15 is 0 Å². The molecule has 1 saturated heterocycles. The van der Waals surface area contributed by atoms with Crippen LogP contribution in [-0.2, 0) is 22.7 Å². The summed E-state index contributed by atoms with van der Waals surface area (Å²) in [5, 5.41) is 0.570. The van der Waals surface area contributed by atoms with Gasteiger partial charge in [0.2, 0.25) is 0 Å². The molecule has 0 radical (unpaired) electrons. The predicted octanol–water partition coefficient (Wildman–Crippen LogP) is 5.43. The Hall–Kier alpha value is -2.28. The Morgan fingerprint density at radius 2 is 1.83 bits per heavy atom. The van der Waals surface area contributed by atoms with Gasteiger partial charge in [-0.15, -0.1) is 0 Å². The van der Waals surface area contributed by atoms with Crippen LogP contribution in [0.25, 0.3) is 0 Å². The zero-order valence-electron chi connectivity index (χ0n) is 21.6. The van der Waals surface area contributed by atoms with Gasteiger partial charge in [0.15, 0.2) is 0 Å². The summed E-state index contributed by atoms with van der Waals surface area (Å²) in [6.45, 7) is 13.4. The minimum absolute atomic E-state index is 0.0668. The maximum atomic E-state index is 12.2. The Kier molecular flexibility index (Phi) is 9.84. The zero-order chi connectivity index (χ0) is 25.5. The number of hydrogen-bond acceptors (Lipinski definition) is 6. The van der Waals surface area contributed by atoms with Crippen LogP contribution in [-0.4, -0.2) is 42.7 Å². The van der Waals surface area contributed by atoms with E-state index < -0.39 is 6.04 Å². The summed E-state index contributed by atoms with van der Waals surface area (Å²) in [4.78, 5) is 14.5. The number of nitrogens with two attached hydrogens (primary N) is 1. The Morgan fingerprint density at radius 1 is 1.11 bits per heavy atom. The number of aryl methyl sites for hydroxylation is 1. The van der Waals surface area contributed by atoms with E-state index in [2.05, 4.69) is 30.9 Å². The van der Waals surface area contributed by atoms with Crippen molar-refractivity contribution in [2.45, 2.75) is 72.8 Å². The number of ether oxygens (including phenoxy) is 3. The third-order valence-electron chi connectivity index (χ3n) is 6.72. The molecule has 1 aliphatic heterocycles. The molecule has 0 amide bonds. The van der Waals surface area contributed by atoms with Gasteiger partial charge in [-0.25, -0.2) is 0 Å². The van der Waals surface area contributed by atoms with Crippen molar-refractivity contribution in [3.63, 3.8) is 0 Å². The van der Waals surface area contributed by atoms with Crippen molar-refractivity contribution >= 4 is 17.6 Å². The summed E-state index contributed by atoms with van der Waals surface area (Å²) in [5.41, 5.74) is 10.6. The Morgan fingerprint density at radius 3 is 2.49 bits per heavy atom. The van der Waals surface area contributed by atoms with Gasteiger partial charge in [0.25, 0.3) is 0 Å². The summed E-state index contributed by atoms with van der Waals surface area (Å²) < 4.78 is 17.7. The maximum Gasteiger partial charge on any atom is 0.323 e. The molecule has 1 heterocycles. The van der Waals surface area contributed by atoms with E-state index in [0.29, 0.717) is 30.5 Å². The van der Waals surface area contributed by atoms with E-state index in [4.69, 9.17) is 31.5 Å². The van der Waals surface area contributed by atoms with Crippen molar-refractivity contribution in [3.05, 3.63) is 57.6 Å². The lowest BCUT2D eigenvalue weighted by atomic mass is 10.0. The number of esters is 1. The van der Waals surface area contributed by atoms with Gasteiger partial charge >= 0.3 is 5.97 Å². The molecule has 1 fully saturated rings. The average molecular weight is 503 g/mol. The van der Waals surface area contributed by atoms with Crippen LogP contribution in [0, 0.1) is 19.8 Å². The predicted molar refractivity (Wildman–Crippen MR) is 140 cm³/mol. The summed E-state index contributed by atoms with van der Waals surface area (Å²) in [7, 11) is 0. The quantitative estimate of drug-likeness (QED) is 0.437. The Labute approximate surface area is 214 Å². The first kappa shape index (κ1) is 27.3. The van der Waals surface area contributed by atoms with Gasteiger partial charge in [0.1, 0.15) is 30.3 Å². The van der Waals surface area contributed by atoms with Gasteiger partial charge in [0, 0.05) is 31.3 Å². The highest BCUT2D eigenvalue weighted by Gasteiger charge is 2.27. The van der Waals surface area contributed by atoms with E-state index in [1.807, 2.05) is 39.0 Å². The minimum atomic E-state index is -0.570. The van der Waals surface area contributed by atoms with Gasteiger partial charge in [0.05, 0.1) is 11.6 Å². The largest absolute Gasteiger partial charge is 0.493 e. The fraction of sp³-hybridized carbons (Fsp3) is 0.536. The number of rotatable bonds is 10. The molecule has 0 spiro atoms. The molecule has 192 valence electrons. The first-order chi connectivity index (χ1) is 16.7. The highest BCUT2D eigenvalue weighted by atomic mass is 35.5. The van der Waals surface area contributed by atoms with Crippen LogP contribution in [0.4, 0.5) is 0 Å². The fourth-order valence-corrected chi connectivity index (χ4v) is 4.41. The summed E-state index contributed by atoms with van der Waals surface area (Å²) in [6.07, 6.45) is 1.48. The first-order valence-corrected chi connectivity index (χ1v) is 12.9. The zero-order valence-corrected chi connectivity index (χ0v) is 22.4. The molecule has 7 heteroatoms. The second kappa shape index (κ2) is 12.6. The molecule has 3 rings (SSSR count). The summed E-state index contributed by atoms with van der Waals surface area (Å²) in [5.74, 6) is 1.16. The van der Waals surface area contributed by atoms with Crippen LogP contribution in [0.15, 0.2) is 30.3 Å². The molecule has 2 N–H and O–H groups in total. The number of carbonyl (C=O) groups excluding carboxylic acids is 1. The lowest BCUT2D eigenvalue weighted by Crippen LogP contribution is -2.42.